The lowest BCUT2D eigenvalue weighted by Gasteiger charge is -2.51. The highest BCUT2D eigenvalue weighted by atomic mass is 35.5. The Kier molecular flexibility index (Phi) is 4.65. The van der Waals surface area contributed by atoms with Crippen LogP contribution in [0.4, 0.5) is 0 Å². The van der Waals surface area contributed by atoms with E-state index in [9.17, 15) is 0 Å². The van der Waals surface area contributed by atoms with Gasteiger partial charge >= 0.3 is 0 Å². The zero-order valence-corrected chi connectivity index (χ0v) is 13.2. The van der Waals surface area contributed by atoms with E-state index in [1.807, 2.05) is 6.07 Å². The molecule has 0 saturated heterocycles. The average Bonchev–Trinajstić information content (AvgIpc) is 2.35. The summed E-state index contributed by atoms with van der Waals surface area (Å²) in [6.45, 7) is 7.71. The smallest absolute Gasteiger partial charge is 0.138 e. The van der Waals surface area contributed by atoms with E-state index in [0.29, 0.717) is 16.1 Å². The molecule has 19 heavy (non-hydrogen) atoms. The van der Waals surface area contributed by atoms with Gasteiger partial charge in [-0.1, -0.05) is 44.0 Å². The van der Waals surface area contributed by atoms with Crippen molar-refractivity contribution in [3.63, 3.8) is 0 Å². The van der Waals surface area contributed by atoms with Crippen molar-refractivity contribution in [1.82, 2.24) is 5.32 Å². The maximum Gasteiger partial charge on any atom is 0.138 e. The Morgan fingerprint density at radius 2 is 2.11 bits per heavy atom. The molecule has 1 saturated carbocycles. The fraction of sp³-hybridized carbons (Fsp3) is 0.600. The minimum Gasteiger partial charge on any atom is -0.488 e. The quantitative estimate of drug-likeness (QED) is 0.862. The van der Waals surface area contributed by atoms with Gasteiger partial charge in [0.05, 0.1) is 5.02 Å². The summed E-state index contributed by atoms with van der Waals surface area (Å²) in [5.41, 5.74) is 0.123. The van der Waals surface area contributed by atoms with E-state index in [-0.39, 0.29) is 11.5 Å². The summed E-state index contributed by atoms with van der Waals surface area (Å²) in [5, 5.41) is 4.77. The van der Waals surface area contributed by atoms with Gasteiger partial charge in [-0.3, -0.25) is 0 Å². The second-order valence-corrected chi connectivity index (χ2v) is 6.59. The molecule has 4 heteroatoms. The van der Waals surface area contributed by atoms with E-state index in [0.717, 1.165) is 25.1 Å². The summed E-state index contributed by atoms with van der Waals surface area (Å²) in [6, 6.07) is 5.88. The van der Waals surface area contributed by atoms with Gasteiger partial charge < -0.3 is 10.1 Å². The number of rotatable bonds is 5. The predicted octanol–water partition coefficient (Wildman–Crippen LogP) is 4.54. The Hall–Kier alpha value is -0.440. The van der Waals surface area contributed by atoms with Gasteiger partial charge in [-0.15, -0.1) is 0 Å². The van der Waals surface area contributed by atoms with Crippen LogP contribution in [0.1, 0.15) is 33.6 Å². The van der Waals surface area contributed by atoms with Gasteiger partial charge in [0.2, 0.25) is 0 Å². The molecule has 0 radical (unpaired) electrons. The molecule has 0 bridgehead atoms. The molecule has 1 aliphatic rings. The molecule has 0 heterocycles. The van der Waals surface area contributed by atoms with Crippen molar-refractivity contribution in [2.24, 2.45) is 5.41 Å². The monoisotopic (exact) mass is 301 g/mol. The first-order valence-corrected chi connectivity index (χ1v) is 7.55. The SMILES string of the molecule is CCCNC1CC(Oc2ccc(Cl)cc2Cl)C1(C)C. The lowest BCUT2D eigenvalue weighted by molar-refractivity contribution is -0.0545. The minimum atomic E-state index is 0.123. The summed E-state index contributed by atoms with van der Waals surface area (Å²) in [4.78, 5) is 0. The van der Waals surface area contributed by atoms with Crippen LogP contribution in [-0.2, 0) is 0 Å². The molecule has 106 valence electrons. The average molecular weight is 302 g/mol. The van der Waals surface area contributed by atoms with Crippen LogP contribution in [-0.4, -0.2) is 18.7 Å². The van der Waals surface area contributed by atoms with E-state index in [2.05, 4.69) is 26.1 Å². The van der Waals surface area contributed by atoms with Gasteiger partial charge in [0.15, 0.2) is 0 Å². The summed E-state index contributed by atoms with van der Waals surface area (Å²) in [5.74, 6) is 0.720. The molecule has 2 rings (SSSR count). The Morgan fingerprint density at radius 3 is 2.68 bits per heavy atom. The third-order valence-electron chi connectivity index (χ3n) is 3.98. The third-order valence-corrected chi connectivity index (χ3v) is 4.51. The van der Waals surface area contributed by atoms with Crippen LogP contribution in [0, 0.1) is 5.41 Å². The first kappa shape index (κ1) is 15.0. The van der Waals surface area contributed by atoms with Gasteiger partial charge in [0, 0.05) is 22.9 Å². The molecule has 1 fully saturated rings. The van der Waals surface area contributed by atoms with Crippen LogP contribution >= 0.6 is 23.2 Å². The second kappa shape index (κ2) is 5.90. The minimum absolute atomic E-state index is 0.123. The Balaban J connectivity index is 1.98. The maximum absolute atomic E-state index is 6.14. The van der Waals surface area contributed by atoms with Crippen LogP contribution in [0.15, 0.2) is 18.2 Å². The lowest BCUT2D eigenvalue weighted by Crippen LogP contribution is -2.62. The number of ether oxygens (including phenoxy) is 1. The molecule has 1 aromatic carbocycles. The molecule has 0 aliphatic heterocycles. The first-order chi connectivity index (χ1) is 8.95. The van der Waals surface area contributed by atoms with Crippen LogP contribution in [0.5, 0.6) is 5.75 Å². The van der Waals surface area contributed by atoms with Gasteiger partial charge in [-0.2, -0.15) is 0 Å². The van der Waals surface area contributed by atoms with E-state index in [4.69, 9.17) is 27.9 Å². The molecule has 2 atom stereocenters. The largest absolute Gasteiger partial charge is 0.488 e. The van der Waals surface area contributed by atoms with Crippen molar-refractivity contribution in [2.75, 3.05) is 6.54 Å². The van der Waals surface area contributed by atoms with Crippen molar-refractivity contribution in [3.8, 4) is 5.75 Å². The second-order valence-electron chi connectivity index (χ2n) is 5.75. The summed E-state index contributed by atoms with van der Waals surface area (Å²) >= 11 is 12.0. The fourth-order valence-electron chi connectivity index (χ4n) is 2.47. The lowest BCUT2D eigenvalue weighted by atomic mass is 9.64. The van der Waals surface area contributed by atoms with E-state index >= 15 is 0 Å². The molecule has 1 N–H and O–H groups in total. The molecule has 1 aliphatic carbocycles. The predicted molar refractivity (Wildman–Crippen MR) is 81.4 cm³/mol. The highest BCUT2D eigenvalue weighted by Gasteiger charge is 2.49. The van der Waals surface area contributed by atoms with Crippen molar-refractivity contribution in [2.45, 2.75) is 45.8 Å². The van der Waals surface area contributed by atoms with Crippen molar-refractivity contribution in [1.29, 1.82) is 0 Å². The number of halogens is 2. The van der Waals surface area contributed by atoms with Crippen molar-refractivity contribution in [3.05, 3.63) is 28.2 Å². The van der Waals surface area contributed by atoms with Crippen LogP contribution < -0.4 is 10.1 Å². The number of hydrogen-bond acceptors (Lipinski definition) is 2. The molecule has 1 aromatic rings. The highest BCUT2D eigenvalue weighted by Crippen LogP contribution is 2.44. The summed E-state index contributed by atoms with van der Waals surface area (Å²) in [7, 11) is 0. The summed E-state index contributed by atoms with van der Waals surface area (Å²) in [6.07, 6.45) is 2.37. The van der Waals surface area contributed by atoms with Crippen molar-refractivity contribution < 1.29 is 4.74 Å². The molecular formula is C15H21Cl2NO. The zero-order valence-electron chi connectivity index (χ0n) is 11.7. The third kappa shape index (κ3) is 3.18. The van der Waals surface area contributed by atoms with Crippen LogP contribution in [0.3, 0.4) is 0 Å². The first-order valence-electron chi connectivity index (χ1n) is 6.80. The zero-order chi connectivity index (χ0) is 14.0. The van der Waals surface area contributed by atoms with E-state index in [1.54, 1.807) is 12.1 Å². The van der Waals surface area contributed by atoms with Crippen molar-refractivity contribution >= 4 is 23.2 Å². The molecule has 2 nitrogen and oxygen atoms in total. The fourth-order valence-corrected chi connectivity index (χ4v) is 2.93. The Labute approximate surface area is 125 Å². The van der Waals surface area contributed by atoms with E-state index < -0.39 is 0 Å². The molecular weight excluding hydrogens is 281 g/mol. The molecule has 0 aromatic heterocycles. The molecule has 0 amide bonds. The van der Waals surface area contributed by atoms with Crippen LogP contribution in [0.25, 0.3) is 0 Å². The standard InChI is InChI=1S/C15H21Cl2NO/c1-4-7-18-13-9-14(15(13,2)3)19-12-6-5-10(16)8-11(12)17/h5-6,8,13-14,18H,4,7,9H2,1-3H3. The number of benzene rings is 1. The van der Waals surface area contributed by atoms with Gasteiger partial charge in [0.25, 0.3) is 0 Å². The molecule has 2 unspecified atom stereocenters. The van der Waals surface area contributed by atoms with Gasteiger partial charge in [-0.25, -0.2) is 0 Å². The van der Waals surface area contributed by atoms with Gasteiger partial charge in [-0.05, 0) is 31.2 Å². The van der Waals surface area contributed by atoms with Gasteiger partial charge in [0.1, 0.15) is 11.9 Å². The number of nitrogens with one attached hydrogen (secondary N) is 1. The Morgan fingerprint density at radius 1 is 1.37 bits per heavy atom. The summed E-state index contributed by atoms with van der Waals surface area (Å²) < 4.78 is 6.03. The number of hydrogen-bond donors (Lipinski definition) is 1. The molecule has 0 spiro atoms. The normalized spacial score (nSPS) is 24.9. The Bertz CT molecular complexity index is 448. The maximum atomic E-state index is 6.14. The topological polar surface area (TPSA) is 21.3 Å². The van der Waals surface area contributed by atoms with E-state index in [1.165, 1.54) is 0 Å². The van der Waals surface area contributed by atoms with Crippen LogP contribution in [0.2, 0.25) is 10.0 Å². The highest BCUT2D eigenvalue weighted by molar-refractivity contribution is 6.35.